The Kier molecular flexibility index (Phi) is 5.71. The molecule has 1 aromatic heterocycles. The van der Waals surface area contributed by atoms with Gasteiger partial charge in [-0.2, -0.15) is 13.2 Å². The Morgan fingerprint density at radius 3 is 2.31 bits per heavy atom. The average Bonchev–Trinajstić information content (AvgIpc) is 2.60. The zero-order valence-corrected chi connectivity index (χ0v) is 14.1. The van der Waals surface area contributed by atoms with Gasteiger partial charge in [0.2, 0.25) is 0 Å². The van der Waals surface area contributed by atoms with Crippen molar-refractivity contribution in [2.24, 2.45) is 0 Å². The van der Waals surface area contributed by atoms with Crippen molar-refractivity contribution >= 4 is 29.3 Å². The second kappa shape index (κ2) is 7.61. The maximum atomic E-state index is 13.9. The predicted molar refractivity (Wildman–Crippen MR) is 86.3 cm³/mol. The first kappa shape index (κ1) is 19.5. The quantitative estimate of drug-likeness (QED) is 0.609. The fourth-order valence-corrected chi connectivity index (χ4v) is 2.32. The number of pyridine rings is 1. The van der Waals surface area contributed by atoms with Gasteiger partial charge >= 0.3 is 17.8 Å². The van der Waals surface area contributed by atoms with Crippen LogP contribution < -0.4 is 15.6 Å². The molecule has 0 bridgehead atoms. The van der Waals surface area contributed by atoms with Gasteiger partial charge in [0.15, 0.2) is 0 Å². The SMILES string of the molecule is COC(=O)[C@@](NC(=O)c1ccccc1Cl)(Nc1cccc[nH+]1)C(F)(F)F. The maximum Gasteiger partial charge on any atom is 0.464 e. The van der Waals surface area contributed by atoms with Gasteiger partial charge in [-0.3, -0.25) is 10.1 Å². The average molecular weight is 389 g/mol. The molecule has 0 fully saturated rings. The number of benzene rings is 1. The van der Waals surface area contributed by atoms with Crippen LogP contribution in [-0.2, 0) is 9.53 Å². The number of H-pyrrole nitrogens is 1. The van der Waals surface area contributed by atoms with Crippen LogP contribution in [0.2, 0.25) is 5.02 Å². The third kappa shape index (κ3) is 3.88. The number of carbonyl (C=O) groups excluding carboxylic acids is 2. The summed E-state index contributed by atoms with van der Waals surface area (Å²) in [5.74, 6) is -3.13. The Morgan fingerprint density at radius 1 is 1.12 bits per heavy atom. The summed E-state index contributed by atoms with van der Waals surface area (Å²) >= 11 is 5.85. The van der Waals surface area contributed by atoms with Crippen LogP contribution in [0.25, 0.3) is 0 Å². The lowest BCUT2D eigenvalue weighted by Gasteiger charge is -2.30. The van der Waals surface area contributed by atoms with E-state index in [1.165, 1.54) is 48.7 Å². The van der Waals surface area contributed by atoms with Crippen molar-refractivity contribution < 1.29 is 32.5 Å². The van der Waals surface area contributed by atoms with E-state index in [1.807, 2.05) is 5.32 Å². The largest absolute Gasteiger partial charge is 0.464 e. The summed E-state index contributed by atoms with van der Waals surface area (Å²) in [7, 11) is 0.779. The minimum Gasteiger partial charge on any atom is -0.464 e. The van der Waals surface area contributed by atoms with Crippen molar-refractivity contribution in [3.8, 4) is 0 Å². The standard InChI is InChI=1S/C16H13ClF3N3O3/c1-26-14(25)15(16(18,19)20,22-12-8-4-5-9-21-12)23-13(24)10-6-2-3-7-11(10)17/h2-9H,1H3,(H,21,22)(H,23,24)/p+1/t15-/m0/s1. The van der Waals surface area contributed by atoms with Crippen molar-refractivity contribution in [1.82, 2.24) is 5.32 Å². The molecule has 26 heavy (non-hydrogen) atoms. The van der Waals surface area contributed by atoms with E-state index in [2.05, 4.69) is 9.72 Å². The van der Waals surface area contributed by atoms with Gasteiger partial charge in [0.1, 0.15) is 0 Å². The number of anilines is 1. The van der Waals surface area contributed by atoms with Crippen LogP contribution in [0.3, 0.4) is 0 Å². The number of alkyl halides is 3. The molecular formula is C16H14ClF3N3O3+. The summed E-state index contributed by atoms with van der Waals surface area (Å²) in [4.78, 5) is 27.0. The highest BCUT2D eigenvalue weighted by molar-refractivity contribution is 6.33. The molecule has 0 radical (unpaired) electrons. The lowest BCUT2D eigenvalue weighted by molar-refractivity contribution is -0.363. The van der Waals surface area contributed by atoms with Crippen LogP contribution in [0, 0.1) is 0 Å². The number of amides is 1. The highest BCUT2D eigenvalue weighted by atomic mass is 35.5. The number of rotatable bonds is 5. The fraction of sp³-hybridized carbons (Fsp3) is 0.188. The topological polar surface area (TPSA) is 81.6 Å². The van der Waals surface area contributed by atoms with Gasteiger partial charge in [-0.1, -0.05) is 29.8 Å². The minimum absolute atomic E-state index is 0.0720. The Labute approximate surface area is 151 Å². The molecule has 0 aliphatic heterocycles. The molecule has 6 nitrogen and oxygen atoms in total. The fourth-order valence-electron chi connectivity index (χ4n) is 2.10. The highest BCUT2D eigenvalue weighted by Gasteiger charge is 2.67. The normalized spacial score (nSPS) is 13.4. The van der Waals surface area contributed by atoms with Crippen molar-refractivity contribution in [3.63, 3.8) is 0 Å². The zero-order valence-electron chi connectivity index (χ0n) is 13.4. The van der Waals surface area contributed by atoms with Gasteiger partial charge in [0.25, 0.3) is 11.7 Å². The van der Waals surface area contributed by atoms with Crippen LogP contribution in [0.15, 0.2) is 48.7 Å². The first-order chi connectivity index (χ1) is 12.2. The number of aromatic amines is 1. The highest BCUT2D eigenvalue weighted by Crippen LogP contribution is 2.33. The first-order valence-corrected chi connectivity index (χ1v) is 7.56. The Hall–Kier alpha value is -2.81. The van der Waals surface area contributed by atoms with E-state index in [-0.39, 0.29) is 16.4 Å². The molecule has 2 rings (SSSR count). The molecule has 2 aromatic rings. The molecule has 10 heteroatoms. The Balaban J connectivity index is 2.50. The van der Waals surface area contributed by atoms with Crippen LogP contribution in [0.4, 0.5) is 19.0 Å². The third-order valence-corrected chi connectivity index (χ3v) is 3.70. The second-order valence-corrected chi connectivity index (χ2v) is 5.48. The molecule has 0 saturated carbocycles. The lowest BCUT2D eigenvalue weighted by atomic mass is 10.1. The monoisotopic (exact) mass is 388 g/mol. The number of ether oxygens (including phenoxy) is 1. The zero-order chi connectivity index (χ0) is 19.4. The number of nitrogens with one attached hydrogen (secondary N) is 3. The molecule has 138 valence electrons. The maximum absolute atomic E-state index is 13.9. The summed E-state index contributed by atoms with van der Waals surface area (Å²) in [6, 6.07) is 9.71. The summed E-state index contributed by atoms with van der Waals surface area (Å²) in [6.45, 7) is 0. The van der Waals surface area contributed by atoms with E-state index >= 15 is 0 Å². The van der Waals surface area contributed by atoms with Gasteiger partial charge in [0.05, 0.1) is 23.9 Å². The van der Waals surface area contributed by atoms with Crippen molar-refractivity contribution in [2.75, 3.05) is 12.4 Å². The molecule has 1 atom stereocenters. The van der Waals surface area contributed by atoms with Crippen LogP contribution in [0.1, 0.15) is 10.4 Å². The summed E-state index contributed by atoms with van der Waals surface area (Å²) in [6.07, 6.45) is -3.89. The number of hydrogen-bond acceptors (Lipinski definition) is 4. The molecule has 3 N–H and O–H groups in total. The number of hydrogen-bond donors (Lipinski definition) is 2. The van der Waals surface area contributed by atoms with Gasteiger partial charge in [-0.15, -0.1) is 0 Å². The summed E-state index contributed by atoms with van der Waals surface area (Å²) in [5.41, 5.74) is -3.76. The number of halogens is 4. The van der Waals surface area contributed by atoms with E-state index in [0.717, 1.165) is 7.11 Å². The Morgan fingerprint density at radius 2 is 1.77 bits per heavy atom. The molecule has 0 unspecified atom stereocenters. The van der Waals surface area contributed by atoms with Gasteiger partial charge in [-0.05, 0) is 18.2 Å². The van der Waals surface area contributed by atoms with Crippen molar-refractivity contribution in [3.05, 3.63) is 59.2 Å². The number of carbonyl (C=O) groups is 2. The third-order valence-electron chi connectivity index (χ3n) is 3.37. The van der Waals surface area contributed by atoms with Crippen LogP contribution in [0.5, 0.6) is 0 Å². The molecule has 0 saturated heterocycles. The summed E-state index contributed by atoms with van der Waals surface area (Å²) < 4.78 is 45.8. The predicted octanol–water partition coefficient (Wildman–Crippen LogP) is 2.43. The van der Waals surface area contributed by atoms with E-state index in [9.17, 15) is 22.8 Å². The van der Waals surface area contributed by atoms with E-state index in [1.54, 1.807) is 5.32 Å². The second-order valence-electron chi connectivity index (χ2n) is 5.07. The summed E-state index contributed by atoms with van der Waals surface area (Å²) in [5, 5.41) is 3.57. The van der Waals surface area contributed by atoms with Crippen molar-refractivity contribution in [2.45, 2.75) is 11.8 Å². The van der Waals surface area contributed by atoms with E-state index < -0.39 is 23.7 Å². The van der Waals surface area contributed by atoms with E-state index in [0.29, 0.717) is 0 Å². The number of aromatic nitrogens is 1. The number of esters is 1. The van der Waals surface area contributed by atoms with Crippen molar-refractivity contribution in [1.29, 1.82) is 0 Å². The minimum atomic E-state index is -5.24. The lowest BCUT2D eigenvalue weighted by Crippen LogP contribution is -2.69. The molecule has 0 aliphatic carbocycles. The van der Waals surface area contributed by atoms with E-state index in [4.69, 9.17) is 11.6 Å². The van der Waals surface area contributed by atoms with Crippen LogP contribution in [-0.4, -0.2) is 30.8 Å². The first-order valence-electron chi connectivity index (χ1n) is 7.18. The smallest absolute Gasteiger partial charge is 0.464 e. The van der Waals surface area contributed by atoms with Crippen LogP contribution >= 0.6 is 11.6 Å². The molecule has 1 amide bonds. The molecule has 1 heterocycles. The number of methoxy groups -OCH3 is 1. The molecule has 0 aliphatic rings. The van der Waals surface area contributed by atoms with Gasteiger partial charge in [0, 0.05) is 6.07 Å². The molecular weight excluding hydrogens is 375 g/mol. The van der Waals surface area contributed by atoms with Gasteiger partial charge < -0.3 is 4.74 Å². The molecule has 0 spiro atoms. The molecule has 1 aromatic carbocycles. The Bertz CT molecular complexity index is 802. The van der Waals surface area contributed by atoms with Gasteiger partial charge in [-0.25, -0.2) is 15.1 Å².